The molecule has 1 aromatic heterocycles. The minimum Gasteiger partial charge on any atom is -0.497 e. The van der Waals surface area contributed by atoms with E-state index in [1.54, 1.807) is 18.9 Å². The van der Waals surface area contributed by atoms with Gasteiger partial charge in [-0.15, -0.1) is 0 Å². The van der Waals surface area contributed by atoms with E-state index in [1.165, 1.54) is 35.6 Å². The van der Waals surface area contributed by atoms with Crippen molar-refractivity contribution in [3.63, 3.8) is 0 Å². The lowest BCUT2D eigenvalue weighted by Crippen LogP contribution is -2.18. The lowest BCUT2D eigenvalue weighted by Gasteiger charge is -2.05. The molecule has 0 spiro atoms. The number of hydrogen-bond donors (Lipinski definition) is 0. The van der Waals surface area contributed by atoms with Crippen LogP contribution in [0.3, 0.4) is 0 Å². The maximum Gasteiger partial charge on any atom is 0.279 e. The average molecular weight is 376 g/mol. The molecule has 1 heterocycles. The average Bonchev–Trinajstić information content (AvgIpc) is 2.96. The number of benzene rings is 2. The summed E-state index contributed by atoms with van der Waals surface area (Å²) in [5.41, 5.74) is 1.36. The number of thiazole rings is 1. The summed E-state index contributed by atoms with van der Waals surface area (Å²) in [6.45, 7) is 0.740. The number of hydrogen-bond acceptors (Lipinski definition) is 4. The van der Waals surface area contributed by atoms with E-state index in [0.717, 1.165) is 28.3 Å². The van der Waals surface area contributed by atoms with Gasteiger partial charge in [0.1, 0.15) is 11.6 Å². The topological polar surface area (TPSA) is 43.6 Å². The molecule has 0 fully saturated rings. The van der Waals surface area contributed by atoms with E-state index < -0.39 is 0 Å². The number of methoxy groups -OCH3 is 1. The molecule has 0 unspecified atom stereocenters. The third-order valence-corrected chi connectivity index (χ3v) is 5.35. The fourth-order valence-electron chi connectivity index (χ4n) is 2.40. The lowest BCUT2D eigenvalue weighted by molar-refractivity contribution is 0.0998. The SMILES string of the molecule is COc1ccc2sc(=NC(=O)c3ccc(F)cc3)n(CCSC)c2c1. The van der Waals surface area contributed by atoms with Gasteiger partial charge in [0.2, 0.25) is 0 Å². The smallest absolute Gasteiger partial charge is 0.279 e. The maximum absolute atomic E-state index is 13.0. The van der Waals surface area contributed by atoms with Gasteiger partial charge < -0.3 is 9.30 Å². The first-order valence-corrected chi connectivity index (χ1v) is 9.84. The van der Waals surface area contributed by atoms with Gasteiger partial charge in [-0.05, 0) is 42.7 Å². The molecule has 0 aliphatic carbocycles. The van der Waals surface area contributed by atoms with E-state index in [4.69, 9.17) is 4.74 Å². The fraction of sp³-hybridized carbons (Fsp3) is 0.222. The number of fused-ring (bicyclic) bond motifs is 1. The van der Waals surface area contributed by atoms with Crippen molar-refractivity contribution in [2.45, 2.75) is 6.54 Å². The lowest BCUT2D eigenvalue weighted by atomic mass is 10.2. The maximum atomic E-state index is 13.0. The highest BCUT2D eigenvalue weighted by molar-refractivity contribution is 7.98. The fourth-order valence-corrected chi connectivity index (χ4v) is 3.80. The second-order valence-corrected chi connectivity index (χ2v) is 7.28. The summed E-state index contributed by atoms with van der Waals surface area (Å²) in [5, 5.41) is 0. The molecule has 0 bridgehead atoms. The van der Waals surface area contributed by atoms with E-state index in [1.807, 2.05) is 29.0 Å². The van der Waals surface area contributed by atoms with Crippen LogP contribution >= 0.6 is 23.1 Å². The third-order valence-electron chi connectivity index (χ3n) is 3.70. The quantitative estimate of drug-likeness (QED) is 0.677. The first-order chi connectivity index (χ1) is 12.1. The summed E-state index contributed by atoms with van der Waals surface area (Å²) in [6, 6.07) is 11.2. The van der Waals surface area contributed by atoms with Gasteiger partial charge in [-0.25, -0.2) is 4.39 Å². The Morgan fingerprint density at radius 3 is 2.72 bits per heavy atom. The molecule has 0 N–H and O–H groups in total. The zero-order chi connectivity index (χ0) is 17.8. The monoisotopic (exact) mass is 376 g/mol. The summed E-state index contributed by atoms with van der Waals surface area (Å²) < 4.78 is 21.4. The van der Waals surface area contributed by atoms with Crippen molar-refractivity contribution in [1.82, 2.24) is 4.57 Å². The zero-order valence-electron chi connectivity index (χ0n) is 13.9. The second-order valence-electron chi connectivity index (χ2n) is 5.29. The molecule has 3 aromatic rings. The second kappa shape index (κ2) is 7.84. The predicted octanol–water partition coefficient (Wildman–Crippen LogP) is 3.95. The van der Waals surface area contributed by atoms with Gasteiger partial charge in [-0.3, -0.25) is 4.79 Å². The van der Waals surface area contributed by atoms with E-state index in [-0.39, 0.29) is 11.7 Å². The van der Waals surface area contributed by atoms with Crippen LogP contribution in [0.4, 0.5) is 4.39 Å². The van der Waals surface area contributed by atoms with Crippen molar-refractivity contribution in [3.05, 3.63) is 58.6 Å². The van der Waals surface area contributed by atoms with Crippen molar-refractivity contribution < 1.29 is 13.9 Å². The molecule has 3 rings (SSSR count). The van der Waals surface area contributed by atoms with E-state index in [0.29, 0.717) is 10.4 Å². The van der Waals surface area contributed by atoms with Gasteiger partial charge in [0.05, 0.1) is 17.3 Å². The highest BCUT2D eigenvalue weighted by atomic mass is 32.2. The van der Waals surface area contributed by atoms with Crippen molar-refractivity contribution in [2.75, 3.05) is 19.1 Å². The summed E-state index contributed by atoms with van der Waals surface area (Å²) in [5.74, 6) is 0.914. The van der Waals surface area contributed by atoms with Gasteiger partial charge in [0.25, 0.3) is 5.91 Å². The van der Waals surface area contributed by atoms with Crippen LogP contribution < -0.4 is 9.54 Å². The highest BCUT2D eigenvalue weighted by Crippen LogP contribution is 2.23. The Kier molecular flexibility index (Phi) is 5.55. The molecular formula is C18H17FN2O2S2. The number of ether oxygens (including phenoxy) is 1. The molecule has 1 amide bonds. The minimum atomic E-state index is -0.378. The third kappa shape index (κ3) is 3.93. The normalized spacial score (nSPS) is 11.9. The Morgan fingerprint density at radius 1 is 1.28 bits per heavy atom. The van der Waals surface area contributed by atoms with Gasteiger partial charge >= 0.3 is 0 Å². The Hall–Kier alpha value is -2.12. The molecule has 0 saturated carbocycles. The molecule has 0 saturated heterocycles. The molecule has 0 aliphatic heterocycles. The standard InChI is InChI=1S/C18H17FN2O2S2/c1-23-14-7-8-16-15(11-14)21(9-10-24-2)18(25-16)20-17(22)12-3-5-13(19)6-4-12/h3-8,11H,9-10H2,1-2H3. The molecule has 130 valence electrons. The number of amides is 1. The number of rotatable bonds is 5. The number of nitrogens with zero attached hydrogens (tertiary/aromatic N) is 2. The van der Waals surface area contributed by atoms with Crippen LogP contribution in [0.15, 0.2) is 47.5 Å². The Balaban J connectivity index is 2.09. The number of thioether (sulfide) groups is 1. The van der Waals surface area contributed by atoms with Crippen LogP contribution in [0.2, 0.25) is 0 Å². The molecule has 0 radical (unpaired) electrons. The predicted molar refractivity (Wildman–Crippen MR) is 101 cm³/mol. The number of carbonyl (C=O) groups excluding carboxylic acids is 1. The number of aromatic nitrogens is 1. The first kappa shape index (κ1) is 17.7. The number of halogens is 1. The van der Waals surface area contributed by atoms with Crippen molar-refractivity contribution >= 4 is 39.2 Å². The molecule has 7 heteroatoms. The van der Waals surface area contributed by atoms with Crippen molar-refractivity contribution in [2.24, 2.45) is 4.99 Å². The van der Waals surface area contributed by atoms with Gasteiger partial charge in [-0.2, -0.15) is 16.8 Å². The first-order valence-electron chi connectivity index (χ1n) is 7.63. The molecule has 0 atom stereocenters. The van der Waals surface area contributed by atoms with Crippen LogP contribution in [0.1, 0.15) is 10.4 Å². The Bertz CT molecular complexity index is 961. The minimum absolute atomic E-state index is 0.368. The van der Waals surface area contributed by atoms with E-state index in [2.05, 4.69) is 4.99 Å². The summed E-state index contributed by atoms with van der Waals surface area (Å²) in [4.78, 5) is 17.3. The molecule has 4 nitrogen and oxygen atoms in total. The van der Waals surface area contributed by atoms with Gasteiger partial charge in [0.15, 0.2) is 4.80 Å². The van der Waals surface area contributed by atoms with Crippen LogP contribution in [0, 0.1) is 5.82 Å². The summed E-state index contributed by atoms with van der Waals surface area (Å²) in [7, 11) is 1.63. The summed E-state index contributed by atoms with van der Waals surface area (Å²) >= 11 is 3.18. The number of aryl methyl sites for hydroxylation is 1. The summed E-state index contributed by atoms with van der Waals surface area (Å²) in [6.07, 6.45) is 2.04. The van der Waals surface area contributed by atoms with Crippen LogP contribution in [0.25, 0.3) is 10.2 Å². The van der Waals surface area contributed by atoms with Gasteiger partial charge in [0, 0.05) is 23.9 Å². The van der Waals surface area contributed by atoms with E-state index >= 15 is 0 Å². The molecule has 2 aromatic carbocycles. The highest BCUT2D eigenvalue weighted by Gasteiger charge is 2.10. The molecule has 25 heavy (non-hydrogen) atoms. The van der Waals surface area contributed by atoms with Crippen molar-refractivity contribution in [1.29, 1.82) is 0 Å². The molecule has 0 aliphatic rings. The van der Waals surface area contributed by atoms with Crippen LogP contribution in [-0.4, -0.2) is 29.6 Å². The zero-order valence-corrected chi connectivity index (χ0v) is 15.5. The Labute approximate surface area is 153 Å². The van der Waals surface area contributed by atoms with Gasteiger partial charge in [-0.1, -0.05) is 11.3 Å². The molecular weight excluding hydrogens is 359 g/mol. The van der Waals surface area contributed by atoms with Crippen LogP contribution in [-0.2, 0) is 6.54 Å². The van der Waals surface area contributed by atoms with Crippen molar-refractivity contribution in [3.8, 4) is 5.75 Å². The van der Waals surface area contributed by atoms with Crippen LogP contribution in [0.5, 0.6) is 5.75 Å². The Morgan fingerprint density at radius 2 is 2.04 bits per heavy atom. The number of carbonyl (C=O) groups is 1. The largest absolute Gasteiger partial charge is 0.497 e. The van der Waals surface area contributed by atoms with E-state index in [9.17, 15) is 9.18 Å².